The molecule has 1 saturated heterocycles. The van der Waals surface area contributed by atoms with Gasteiger partial charge in [0.15, 0.2) is 0 Å². The third-order valence-electron chi connectivity index (χ3n) is 4.62. The lowest BCUT2D eigenvalue weighted by atomic mass is 10.2. The maximum atomic E-state index is 13.2. The summed E-state index contributed by atoms with van der Waals surface area (Å²) in [6.45, 7) is 5.34. The molecule has 8 heteroatoms. The summed E-state index contributed by atoms with van der Waals surface area (Å²) < 4.78 is 40.2. The van der Waals surface area contributed by atoms with Crippen LogP contribution < -0.4 is 5.32 Å². The minimum absolute atomic E-state index is 0.191. The molecule has 27 heavy (non-hydrogen) atoms. The second kappa shape index (κ2) is 8.16. The van der Waals surface area contributed by atoms with Gasteiger partial charge in [-0.05, 0) is 49.0 Å². The quantitative estimate of drug-likeness (QED) is 0.850. The third kappa shape index (κ3) is 4.52. The van der Waals surface area contributed by atoms with E-state index in [4.69, 9.17) is 0 Å². The van der Waals surface area contributed by atoms with E-state index in [1.165, 1.54) is 46.8 Å². The first kappa shape index (κ1) is 19.5. The van der Waals surface area contributed by atoms with Gasteiger partial charge < -0.3 is 10.2 Å². The van der Waals surface area contributed by atoms with Gasteiger partial charge in [0, 0.05) is 37.4 Å². The fourth-order valence-electron chi connectivity index (χ4n) is 2.98. The Morgan fingerprint density at radius 1 is 1.07 bits per heavy atom. The van der Waals surface area contributed by atoms with E-state index in [2.05, 4.69) is 17.1 Å². The highest BCUT2D eigenvalue weighted by atomic mass is 32.2. The summed E-state index contributed by atoms with van der Waals surface area (Å²) in [5, 5.41) is 2.64. The number of sulfonamides is 1. The molecule has 1 aliphatic rings. The summed E-state index contributed by atoms with van der Waals surface area (Å²) in [5.41, 5.74) is 0.638. The Hall–Kier alpha value is -2.29. The molecular weight excluding hydrogens is 369 g/mol. The molecule has 0 saturated carbocycles. The standard InChI is InChI=1S/C19H22FN3O3S/c1-2-22-10-12-23(13-11-22)27(25,26)18-8-6-17(7-9-18)21-19(24)15-4-3-5-16(20)14-15/h3-9,14H,2,10-13H2,1H3,(H,21,24). The van der Waals surface area contributed by atoms with E-state index >= 15 is 0 Å². The van der Waals surface area contributed by atoms with Crippen molar-refractivity contribution < 1.29 is 17.6 Å². The zero-order valence-corrected chi connectivity index (χ0v) is 15.9. The van der Waals surface area contributed by atoms with E-state index in [1.54, 1.807) is 0 Å². The monoisotopic (exact) mass is 391 g/mol. The molecule has 1 aliphatic heterocycles. The Balaban J connectivity index is 1.68. The molecule has 0 atom stereocenters. The van der Waals surface area contributed by atoms with E-state index in [-0.39, 0.29) is 10.5 Å². The first-order valence-corrected chi connectivity index (χ1v) is 10.2. The van der Waals surface area contributed by atoms with Crippen molar-refractivity contribution in [3.05, 3.63) is 59.9 Å². The summed E-state index contributed by atoms with van der Waals surface area (Å²) in [4.78, 5) is 14.5. The SMILES string of the molecule is CCN1CCN(S(=O)(=O)c2ccc(NC(=O)c3cccc(F)c3)cc2)CC1. The second-order valence-corrected chi connectivity index (χ2v) is 8.27. The summed E-state index contributed by atoms with van der Waals surface area (Å²) in [5.74, 6) is -0.951. The van der Waals surface area contributed by atoms with Gasteiger partial charge in [-0.2, -0.15) is 4.31 Å². The van der Waals surface area contributed by atoms with Crippen LogP contribution in [0, 0.1) is 5.82 Å². The number of hydrogen-bond donors (Lipinski definition) is 1. The normalized spacial score (nSPS) is 16.2. The molecule has 6 nitrogen and oxygen atoms in total. The summed E-state index contributed by atoms with van der Waals surface area (Å²) in [6, 6.07) is 11.4. The van der Waals surface area contributed by atoms with Crippen LogP contribution in [0.25, 0.3) is 0 Å². The minimum Gasteiger partial charge on any atom is -0.322 e. The zero-order chi connectivity index (χ0) is 19.4. The number of rotatable bonds is 5. The van der Waals surface area contributed by atoms with Gasteiger partial charge in [0.1, 0.15) is 5.82 Å². The van der Waals surface area contributed by atoms with Crippen LogP contribution in [0.15, 0.2) is 53.4 Å². The van der Waals surface area contributed by atoms with Crippen molar-refractivity contribution in [2.75, 3.05) is 38.0 Å². The number of halogens is 1. The van der Waals surface area contributed by atoms with Crippen LogP contribution in [0.5, 0.6) is 0 Å². The Morgan fingerprint density at radius 3 is 2.33 bits per heavy atom. The Labute approximate surface area is 158 Å². The van der Waals surface area contributed by atoms with Gasteiger partial charge in [-0.1, -0.05) is 13.0 Å². The Bertz CT molecular complexity index is 908. The van der Waals surface area contributed by atoms with Crippen LogP contribution in [0.1, 0.15) is 17.3 Å². The second-order valence-electron chi connectivity index (χ2n) is 6.33. The van der Waals surface area contributed by atoms with E-state index in [1.807, 2.05) is 0 Å². The number of likely N-dealkylation sites (N-methyl/N-ethyl adjacent to an activating group) is 1. The molecule has 0 aromatic heterocycles. The molecule has 2 aromatic carbocycles. The van der Waals surface area contributed by atoms with Crippen LogP contribution in [0.2, 0.25) is 0 Å². The van der Waals surface area contributed by atoms with Gasteiger partial charge in [0.2, 0.25) is 10.0 Å². The van der Waals surface area contributed by atoms with Crippen LogP contribution >= 0.6 is 0 Å². The zero-order valence-electron chi connectivity index (χ0n) is 15.1. The predicted molar refractivity (Wildman–Crippen MR) is 102 cm³/mol. The number of anilines is 1. The summed E-state index contributed by atoms with van der Waals surface area (Å²) >= 11 is 0. The Kier molecular flexibility index (Phi) is 5.88. The van der Waals surface area contributed by atoms with Gasteiger partial charge >= 0.3 is 0 Å². The maximum absolute atomic E-state index is 13.2. The number of carbonyl (C=O) groups excluding carboxylic acids is 1. The minimum atomic E-state index is -3.55. The molecular formula is C19H22FN3O3S. The van der Waals surface area contributed by atoms with E-state index in [9.17, 15) is 17.6 Å². The van der Waals surface area contributed by atoms with Crippen LogP contribution in [0.3, 0.4) is 0 Å². The lowest BCUT2D eigenvalue weighted by Crippen LogP contribution is -2.48. The van der Waals surface area contributed by atoms with Crippen LogP contribution in [-0.2, 0) is 10.0 Å². The molecule has 1 heterocycles. The molecule has 0 radical (unpaired) electrons. The van der Waals surface area contributed by atoms with Crippen molar-refractivity contribution in [3.63, 3.8) is 0 Å². The maximum Gasteiger partial charge on any atom is 0.255 e. The number of carbonyl (C=O) groups is 1. The summed E-state index contributed by atoms with van der Waals surface area (Å²) in [7, 11) is -3.55. The predicted octanol–water partition coefficient (Wildman–Crippen LogP) is 2.40. The molecule has 2 aromatic rings. The molecule has 0 bridgehead atoms. The number of nitrogens with one attached hydrogen (secondary N) is 1. The van der Waals surface area contributed by atoms with Gasteiger partial charge in [-0.3, -0.25) is 4.79 Å². The Morgan fingerprint density at radius 2 is 1.74 bits per heavy atom. The number of nitrogens with zero attached hydrogens (tertiary/aromatic N) is 2. The van der Waals surface area contributed by atoms with Crippen molar-refractivity contribution in [2.45, 2.75) is 11.8 Å². The first-order chi connectivity index (χ1) is 12.9. The molecule has 0 spiro atoms. The third-order valence-corrected chi connectivity index (χ3v) is 6.53. The lowest BCUT2D eigenvalue weighted by molar-refractivity contribution is 0.102. The topological polar surface area (TPSA) is 69.7 Å². The molecule has 3 rings (SSSR count). The number of hydrogen-bond acceptors (Lipinski definition) is 4. The van der Waals surface area contributed by atoms with Gasteiger partial charge in [-0.15, -0.1) is 0 Å². The van der Waals surface area contributed by atoms with Gasteiger partial charge in [-0.25, -0.2) is 12.8 Å². The van der Waals surface area contributed by atoms with E-state index in [0.717, 1.165) is 25.7 Å². The molecule has 1 amide bonds. The summed E-state index contributed by atoms with van der Waals surface area (Å²) in [6.07, 6.45) is 0. The van der Waals surface area contributed by atoms with Crippen molar-refractivity contribution >= 4 is 21.6 Å². The van der Waals surface area contributed by atoms with E-state index < -0.39 is 21.7 Å². The largest absolute Gasteiger partial charge is 0.322 e. The van der Waals surface area contributed by atoms with Crippen molar-refractivity contribution in [1.82, 2.24) is 9.21 Å². The van der Waals surface area contributed by atoms with Crippen molar-refractivity contribution in [1.29, 1.82) is 0 Å². The highest BCUT2D eigenvalue weighted by Gasteiger charge is 2.27. The molecule has 1 fully saturated rings. The highest BCUT2D eigenvalue weighted by Crippen LogP contribution is 2.20. The lowest BCUT2D eigenvalue weighted by Gasteiger charge is -2.33. The smallest absolute Gasteiger partial charge is 0.255 e. The average molecular weight is 391 g/mol. The van der Waals surface area contributed by atoms with Gasteiger partial charge in [0.25, 0.3) is 5.91 Å². The first-order valence-electron chi connectivity index (χ1n) is 8.79. The molecule has 144 valence electrons. The number of piperazine rings is 1. The molecule has 0 unspecified atom stereocenters. The van der Waals surface area contributed by atoms with Crippen molar-refractivity contribution in [3.8, 4) is 0 Å². The van der Waals surface area contributed by atoms with Crippen LogP contribution in [-0.4, -0.2) is 56.3 Å². The molecule has 0 aliphatic carbocycles. The number of amides is 1. The van der Waals surface area contributed by atoms with Crippen LogP contribution in [0.4, 0.5) is 10.1 Å². The average Bonchev–Trinajstić information content (AvgIpc) is 2.68. The molecule has 1 N–H and O–H groups in total. The van der Waals surface area contributed by atoms with Crippen molar-refractivity contribution in [2.24, 2.45) is 0 Å². The highest BCUT2D eigenvalue weighted by molar-refractivity contribution is 7.89. The fraction of sp³-hybridized carbons (Fsp3) is 0.316. The van der Waals surface area contributed by atoms with E-state index in [0.29, 0.717) is 18.8 Å². The van der Waals surface area contributed by atoms with Gasteiger partial charge in [0.05, 0.1) is 4.90 Å². The number of benzene rings is 2. The fourth-order valence-corrected chi connectivity index (χ4v) is 4.40.